The van der Waals surface area contributed by atoms with Gasteiger partial charge in [0.15, 0.2) is 5.76 Å². The number of nitrogens with zero attached hydrogens (tertiary/aromatic N) is 2. The smallest absolute Gasteiger partial charge is 0.244 e. The minimum absolute atomic E-state index is 0. The summed E-state index contributed by atoms with van der Waals surface area (Å²) in [6, 6.07) is 8.60. The van der Waals surface area contributed by atoms with Crippen molar-refractivity contribution in [2.24, 2.45) is 0 Å². The van der Waals surface area contributed by atoms with Gasteiger partial charge in [-0.15, -0.1) is 12.4 Å². The lowest BCUT2D eigenvalue weighted by molar-refractivity contribution is 0.254. The van der Waals surface area contributed by atoms with Gasteiger partial charge in [-0.05, 0) is 18.6 Å². The average molecular weight is 372 g/mol. The molecule has 132 valence electrons. The molecule has 0 bridgehead atoms. The highest BCUT2D eigenvalue weighted by Gasteiger charge is 2.34. The number of benzene rings is 1. The summed E-state index contributed by atoms with van der Waals surface area (Å²) in [5.74, 6) is 0.464. The van der Waals surface area contributed by atoms with Crippen molar-refractivity contribution >= 4 is 22.4 Å². The van der Waals surface area contributed by atoms with Gasteiger partial charge in [0.25, 0.3) is 0 Å². The van der Waals surface area contributed by atoms with Gasteiger partial charge in [-0.3, -0.25) is 0 Å². The first-order chi connectivity index (χ1) is 11.1. The molecule has 1 N–H and O–H groups in total. The maximum absolute atomic E-state index is 13.2. The van der Waals surface area contributed by atoms with Gasteiger partial charge < -0.3 is 9.84 Å². The Bertz CT molecular complexity index is 748. The first-order valence-corrected chi connectivity index (χ1v) is 9.31. The summed E-state index contributed by atoms with van der Waals surface area (Å²) < 4.78 is 33.2. The summed E-state index contributed by atoms with van der Waals surface area (Å²) in [5.41, 5.74) is 0.554. The summed E-state index contributed by atoms with van der Waals surface area (Å²) >= 11 is 0. The second kappa shape index (κ2) is 8.11. The predicted octanol–water partition coefficient (Wildman–Crippen LogP) is 2.53. The van der Waals surface area contributed by atoms with Gasteiger partial charge >= 0.3 is 0 Å². The maximum atomic E-state index is 13.2. The molecule has 1 aliphatic heterocycles. The molecule has 0 aliphatic carbocycles. The van der Waals surface area contributed by atoms with Crippen LogP contribution in [0.1, 0.15) is 19.8 Å². The molecule has 1 unspecified atom stereocenters. The summed E-state index contributed by atoms with van der Waals surface area (Å²) in [5, 5.41) is 6.97. The van der Waals surface area contributed by atoms with Crippen LogP contribution >= 0.6 is 12.4 Å². The molecule has 0 amide bonds. The van der Waals surface area contributed by atoms with Gasteiger partial charge in [-0.2, -0.15) is 4.31 Å². The number of hydrogen-bond donors (Lipinski definition) is 1. The van der Waals surface area contributed by atoms with Crippen molar-refractivity contribution in [2.75, 3.05) is 19.6 Å². The lowest BCUT2D eigenvalue weighted by Gasteiger charge is -2.35. The normalized spacial score (nSPS) is 19.0. The van der Waals surface area contributed by atoms with Gasteiger partial charge in [0.2, 0.25) is 10.0 Å². The molecule has 1 aromatic carbocycles. The molecule has 0 radical (unpaired) electrons. The minimum atomic E-state index is -3.58. The zero-order chi connectivity index (χ0) is 16.3. The number of nitrogens with one attached hydrogen (secondary N) is 1. The SMILES string of the molecule is CCCC1CNCCN1S(=O)(=O)c1ccccc1-c1ccno1.Cl. The third kappa shape index (κ3) is 3.64. The van der Waals surface area contributed by atoms with E-state index in [2.05, 4.69) is 17.4 Å². The second-order valence-electron chi connectivity index (χ2n) is 5.64. The molecule has 2 aromatic rings. The number of sulfonamides is 1. The average Bonchev–Trinajstić information content (AvgIpc) is 3.10. The van der Waals surface area contributed by atoms with Gasteiger partial charge in [0.1, 0.15) is 0 Å². The van der Waals surface area contributed by atoms with Crippen molar-refractivity contribution < 1.29 is 12.9 Å². The molecule has 24 heavy (non-hydrogen) atoms. The first-order valence-electron chi connectivity index (χ1n) is 7.87. The molecule has 0 saturated carbocycles. The van der Waals surface area contributed by atoms with Crippen LogP contribution in [0.3, 0.4) is 0 Å². The Kier molecular flexibility index (Phi) is 6.40. The Balaban J connectivity index is 0.00000208. The van der Waals surface area contributed by atoms with Crippen LogP contribution in [0.5, 0.6) is 0 Å². The molecule has 1 aliphatic rings. The molecule has 6 nitrogen and oxygen atoms in total. The largest absolute Gasteiger partial charge is 0.356 e. The highest BCUT2D eigenvalue weighted by molar-refractivity contribution is 7.89. The number of aromatic nitrogens is 1. The quantitative estimate of drug-likeness (QED) is 0.874. The van der Waals surface area contributed by atoms with Crippen molar-refractivity contribution in [2.45, 2.75) is 30.7 Å². The Morgan fingerprint density at radius 2 is 2.12 bits per heavy atom. The summed E-state index contributed by atoms with van der Waals surface area (Å²) in [7, 11) is -3.58. The maximum Gasteiger partial charge on any atom is 0.244 e. The Morgan fingerprint density at radius 1 is 1.33 bits per heavy atom. The Morgan fingerprint density at radius 3 is 2.83 bits per heavy atom. The topological polar surface area (TPSA) is 75.4 Å². The van der Waals surface area contributed by atoms with Gasteiger partial charge in [0, 0.05) is 37.3 Å². The van der Waals surface area contributed by atoms with Crippen molar-refractivity contribution in [3.8, 4) is 11.3 Å². The standard InChI is InChI=1S/C16H21N3O3S.ClH/c1-2-5-13-12-17-10-11-19(13)23(20,21)16-7-4-3-6-14(16)15-8-9-18-22-15;/h3-4,6-9,13,17H,2,5,10-12H2,1H3;1H. The molecular weight excluding hydrogens is 350 g/mol. The van der Waals surface area contributed by atoms with E-state index in [1.807, 2.05) is 0 Å². The molecular formula is C16H22ClN3O3S. The van der Waals surface area contributed by atoms with Crippen LogP contribution in [-0.2, 0) is 10.0 Å². The zero-order valence-electron chi connectivity index (χ0n) is 13.5. The second-order valence-corrected chi connectivity index (χ2v) is 7.49. The lowest BCUT2D eigenvalue weighted by Crippen LogP contribution is -2.53. The molecule has 3 rings (SSSR count). The van der Waals surface area contributed by atoms with E-state index in [1.165, 1.54) is 6.20 Å². The fourth-order valence-electron chi connectivity index (χ4n) is 3.01. The van der Waals surface area contributed by atoms with E-state index in [1.54, 1.807) is 34.6 Å². The van der Waals surface area contributed by atoms with E-state index in [0.29, 0.717) is 31.0 Å². The van der Waals surface area contributed by atoms with E-state index in [-0.39, 0.29) is 23.3 Å². The highest BCUT2D eigenvalue weighted by atomic mass is 35.5. The van der Waals surface area contributed by atoms with Crippen molar-refractivity contribution in [3.63, 3.8) is 0 Å². The molecule has 1 atom stereocenters. The van der Waals surface area contributed by atoms with E-state index >= 15 is 0 Å². The molecule has 2 heterocycles. The number of piperazine rings is 1. The van der Waals surface area contributed by atoms with Gasteiger partial charge in [-0.1, -0.05) is 30.6 Å². The number of hydrogen-bond acceptors (Lipinski definition) is 5. The summed E-state index contributed by atoms with van der Waals surface area (Å²) in [6.07, 6.45) is 3.31. The van der Waals surface area contributed by atoms with E-state index in [9.17, 15) is 8.42 Å². The monoisotopic (exact) mass is 371 g/mol. The zero-order valence-corrected chi connectivity index (χ0v) is 15.1. The van der Waals surface area contributed by atoms with E-state index in [4.69, 9.17) is 4.52 Å². The van der Waals surface area contributed by atoms with Gasteiger partial charge in [-0.25, -0.2) is 8.42 Å². The lowest BCUT2D eigenvalue weighted by atomic mass is 10.1. The van der Waals surface area contributed by atoms with Crippen LogP contribution < -0.4 is 5.32 Å². The minimum Gasteiger partial charge on any atom is -0.356 e. The number of rotatable bonds is 5. The fourth-order valence-corrected chi connectivity index (χ4v) is 4.87. The first kappa shape index (κ1) is 18.9. The van der Waals surface area contributed by atoms with Crippen LogP contribution in [0.15, 0.2) is 45.9 Å². The van der Waals surface area contributed by atoms with Crippen LogP contribution in [0.25, 0.3) is 11.3 Å². The summed E-state index contributed by atoms with van der Waals surface area (Å²) in [6.45, 7) is 3.92. The van der Waals surface area contributed by atoms with Crippen LogP contribution in [0.4, 0.5) is 0 Å². The Hall–Kier alpha value is -1.41. The van der Waals surface area contributed by atoms with Crippen LogP contribution in [0.2, 0.25) is 0 Å². The third-order valence-corrected chi connectivity index (χ3v) is 6.11. The number of halogens is 1. The van der Waals surface area contributed by atoms with E-state index in [0.717, 1.165) is 12.8 Å². The molecule has 1 fully saturated rings. The van der Waals surface area contributed by atoms with Crippen molar-refractivity contribution in [1.29, 1.82) is 0 Å². The van der Waals surface area contributed by atoms with E-state index < -0.39 is 10.0 Å². The van der Waals surface area contributed by atoms with Crippen LogP contribution in [0, 0.1) is 0 Å². The molecule has 8 heteroatoms. The summed E-state index contributed by atoms with van der Waals surface area (Å²) in [4.78, 5) is 0.278. The third-order valence-electron chi connectivity index (χ3n) is 4.10. The van der Waals surface area contributed by atoms with Crippen molar-refractivity contribution in [1.82, 2.24) is 14.8 Å². The Labute approximate surface area is 148 Å². The molecule has 0 spiro atoms. The van der Waals surface area contributed by atoms with Gasteiger partial charge in [0.05, 0.1) is 11.1 Å². The predicted molar refractivity (Wildman–Crippen MR) is 94.6 cm³/mol. The highest BCUT2D eigenvalue weighted by Crippen LogP contribution is 2.30. The molecule has 1 saturated heterocycles. The fraction of sp³-hybridized carbons (Fsp3) is 0.438. The molecule has 1 aromatic heterocycles. The van der Waals surface area contributed by atoms with Crippen LogP contribution in [-0.4, -0.2) is 43.6 Å². The van der Waals surface area contributed by atoms with Crippen molar-refractivity contribution in [3.05, 3.63) is 36.5 Å².